The van der Waals surface area contributed by atoms with Crippen LogP contribution < -0.4 is 5.32 Å². The summed E-state index contributed by atoms with van der Waals surface area (Å²) in [7, 11) is 0. The number of rotatable bonds is 2. The lowest BCUT2D eigenvalue weighted by Gasteiger charge is -2.44. The Hall–Kier alpha value is -1.06. The van der Waals surface area contributed by atoms with Crippen molar-refractivity contribution in [2.75, 3.05) is 19.6 Å². The molecule has 20 heavy (non-hydrogen) atoms. The summed E-state index contributed by atoms with van der Waals surface area (Å²) in [6.07, 6.45) is 4.16. The fourth-order valence-corrected chi connectivity index (χ4v) is 3.61. The van der Waals surface area contributed by atoms with Crippen LogP contribution in [0.5, 0.6) is 0 Å². The third kappa shape index (κ3) is 2.70. The lowest BCUT2D eigenvalue weighted by atomic mass is 9.72. The van der Waals surface area contributed by atoms with Crippen molar-refractivity contribution in [1.29, 1.82) is 0 Å². The van der Waals surface area contributed by atoms with Gasteiger partial charge in [0.05, 0.1) is 5.41 Å². The van der Waals surface area contributed by atoms with Gasteiger partial charge in [-0.05, 0) is 56.5 Å². The smallest absolute Gasteiger partial charge is 0.229 e. The molecular weight excluding hydrogens is 272 g/mol. The van der Waals surface area contributed by atoms with Crippen molar-refractivity contribution >= 4 is 17.5 Å². The topological polar surface area (TPSA) is 32.3 Å². The summed E-state index contributed by atoms with van der Waals surface area (Å²) in [6, 6.07) is 7.82. The van der Waals surface area contributed by atoms with Crippen molar-refractivity contribution in [3.8, 4) is 0 Å². The number of likely N-dealkylation sites (tertiary alicyclic amines) is 1. The maximum atomic E-state index is 12.8. The number of benzene rings is 1. The van der Waals surface area contributed by atoms with Crippen LogP contribution in [0.2, 0.25) is 5.02 Å². The molecule has 0 radical (unpaired) electrons. The van der Waals surface area contributed by atoms with Crippen molar-refractivity contribution in [1.82, 2.24) is 10.2 Å². The lowest BCUT2D eigenvalue weighted by Crippen LogP contribution is -2.52. The molecule has 2 aliphatic rings. The molecule has 3 nitrogen and oxygen atoms in total. The number of nitrogens with zero attached hydrogens (tertiary/aromatic N) is 1. The van der Waals surface area contributed by atoms with E-state index in [0.717, 1.165) is 55.9 Å². The summed E-state index contributed by atoms with van der Waals surface area (Å²) in [4.78, 5) is 14.9. The summed E-state index contributed by atoms with van der Waals surface area (Å²) in [5.74, 6) is 0.361. The molecule has 1 N–H and O–H groups in total. The van der Waals surface area contributed by atoms with E-state index >= 15 is 0 Å². The van der Waals surface area contributed by atoms with Crippen LogP contribution in [0, 0.1) is 5.41 Å². The van der Waals surface area contributed by atoms with Gasteiger partial charge < -0.3 is 10.2 Å². The largest absolute Gasteiger partial charge is 0.338 e. The number of hydrogen-bond acceptors (Lipinski definition) is 2. The number of hydrogen-bond donors (Lipinski definition) is 1. The molecule has 1 aromatic rings. The quantitative estimate of drug-likeness (QED) is 0.909. The summed E-state index contributed by atoms with van der Waals surface area (Å²) in [5.41, 5.74) is 1.07. The highest BCUT2D eigenvalue weighted by molar-refractivity contribution is 6.30. The molecule has 1 aromatic carbocycles. The average molecular weight is 293 g/mol. The Kier molecular flexibility index (Phi) is 3.99. The molecule has 0 aromatic heterocycles. The zero-order valence-electron chi connectivity index (χ0n) is 11.7. The SMILES string of the molecule is O=C1N(Cc2ccc(Cl)cc2)CCCC12CCNCC2. The zero-order valence-corrected chi connectivity index (χ0v) is 12.5. The molecule has 108 valence electrons. The first kappa shape index (κ1) is 13.9. The van der Waals surface area contributed by atoms with Crippen LogP contribution in [0.1, 0.15) is 31.2 Å². The maximum absolute atomic E-state index is 12.8. The molecule has 0 aliphatic carbocycles. The predicted octanol–water partition coefficient (Wildman–Crippen LogP) is 2.83. The van der Waals surface area contributed by atoms with E-state index in [9.17, 15) is 4.79 Å². The first-order valence-electron chi connectivity index (χ1n) is 7.44. The first-order chi connectivity index (χ1) is 9.70. The van der Waals surface area contributed by atoms with Crippen LogP contribution in [-0.2, 0) is 11.3 Å². The Balaban J connectivity index is 1.73. The Morgan fingerprint density at radius 2 is 1.85 bits per heavy atom. The van der Waals surface area contributed by atoms with Gasteiger partial charge in [0.2, 0.25) is 5.91 Å². The van der Waals surface area contributed by atoms with Crippen molar-refractivity contribution in [3.63, 3.8) is 0 Å². The van der Waals surface area contributed by atoms with Crippen LogP contribution in [0.15, 0.2) is 24.3 Å². The molecule has 2 heterocycles. The van der Waals surface area contributed by atoms with Gasteiger partial charge in [0.25, 0.3) is 0 Å². The third-order valence-corrected chi connectivity index (χ3v) is 4.92. The molecule has 2 aliphatic heterocycles. The van der Waals surface area contributed by atoms with Crippen LogP contribution >= 0.6 is 11.6 Å². The fourth-order valence-electron chi connectivity index (χ4n) is 3.48. The van der Waals surface area contributed by atoms with E-state index in [-0.39, 0.29) is 5.41 Å². The first-order valence-corrected chi connectivity index (χ1v) is 7.82. The van der Waals surface area contributed by atoms with Crippen molar-refractivity contribution < 1.29 is 4.79 Å². The highest BCUT2D eigenvalue weighted by Gasteiger charge is 2.44. The fraction of sp³-hybridized carbons (Fsp3) is 0.562. The van der Waals surface area contributed by atoms with Gasteiger partial charge >= 0.3 is 0 Å². The minimum Gasteiger partial charge on any atom is -0.338 e. The number of nitrogens with one attached hydrogen (secondary N) is 1. The predicted molar refractivity (Wildman–Crippen MR) is 80.6 cm³/mol. The molecule has 4 heteroatoms. The zero-order chi connectivity index (χ0) is 14.0. The van der Waals surface area contributed by atoms with Crippen LogP contribution in [0.25, 0.3) is 0 Å². The normalized spacial score (nSPS) is 22.2. The average Bonchev–Trinajstić information content (AvgIpc) is 2.47. The molecule has 2 fully saturated rings. The number of amides is 1. The van der Waals surface area contributed by atoms with Crippen LogP contribution in [0.4, 0.5) is 0 Å². The number of halogens is 1. The number of carbonyl (C=O) groups is 1. The second-order valence-electron chi connectivity index (χ2n) is 5.99. The van der Waals surface area contributed by atoms with Gasteiger partial charge in [-0.15, -0.1) is 0 Å². The summed E-state index contributed by atoms with van der Waals surface area (Å²) in [6.45, 7) is 3.54. The maximum Gasteiger partial charge on any atom is 0.229 e. The van der Waals surface area contributed by atoms with Crippen molar-refractivity contribution in [3.05, 3.63) is 34.9 Å². The van der Waals surface area contributed by atoms with Crippen LogP contribution in [0.3, 0.4) is 0 Å². The second kappa shape index (κ2) is 5.74. The van der Waals surface area contributed by atoms with E-state index in [4.69, 9.17) is 11.6 Å². The molecule has 0 bridgehead atoms. The molecule has 1 amide bonds. The number of piperidine rings is 2. The second-order valence-corrected chi connectivity index (χ2v) is 6.42. The van der Waals surface area contributed by atoms with Gasteiger partial charge in [0.15, 0.2) is 0 Å². The molecule has 2 saturated heterocycles. The van der Waals surface area contributed by atoms with Crippen LogP contribution in [-0.4, -0.2) is 30.4 Å². The van der Waals surface area contributed by atoms with Gasteiger partial charge in [-0.25, -0.2) is 0 Å². The van der Waals surface area contributed by atoms with Gasteiger partial charge in [0.1, 0.15) is 0 Å². The van der Waals surface area contributed by atoms with E-state index in [2.05, 4.69) is 5.32 Å². The minimum atomic E-state index is -0.0874. The molecule has 1 spiro atoms. The Morgan fingerprint density at radius 1 is 1.15 bits per heavy atom. The molecule has 3 rings (SSSR count). The van der Waals surface area contributed by atoms with E-state index < -0.39 is 0 Å². The third-order valence-electron chi connectivity index (χ3n) is 4.67. The van der Waals surface area contributed by atoms with E-state index in [0.29, 0.717) is 12.5 Å². The molecule has 0 atom stereocenters. The van der Waals surface area contributed by atoms with Gasteiger partial charge in [-0.1, -0.05) is 23.7 Å². The highest BCUT2D eigenvalue weighted by atomic mass is 35.5. The van der Waals surface area contributed by atoms with Crippen molar-refractivity contribution in [2.24, 2.45) is 5.41 Å². The number of carbonyl (C=O) groups excluding carboxylic acids is 1. The van der Waals surface area contributed by atoms with E-state index in [1.54, 1.807) is 0 Å². The molecule has 0 saturated carbocycles. The Morgan fingerprint density at radius 3 is 2.55 bits per heavy atom. The summed E-state index contributed by atoms with van der Waals surface area (Å²) < 4.78 is 0. The monoisotopic (exact) mass is 292 g/mol. The molecule has 0 unspecified atom stereocenters. The van der Waals surface area contributed by atoms with Crippen molar-refractivity contribution in [2.45, 2.75) is 32.2 Å². The highest BCUT2D eigenvalue weighted by Crippen LogP contribution is 2.39. The van der Waals surface area contributed by atoms with Gasteiger partial charge in [0, 0.05) is 18.1 Å². The van der Waals surface area contributed by atoms with E-state index in [1.165, 1.54) is 0 Å². The Bertz CT molecular complexity index is 474. The lowest BCUT2D eigenvalue weighted by molar-refractivity contribution is -0.149. The van der Waals surface area contributed by atoms with Gasteiger partial charge in [-0.2, -0.15) is 0 Å². The standard InChI is InChI=1S/C16H21ClN2O/c17-14-4-2-13(3-5-14)12-19-11-1-6-16(15(19)20)7-9-18-10-8-16/h2-5,18H,1,6-12H2. The summed E-state index contributed by atoms with van der Waals surface area (Å²) >= 11 is 5.91. The molecular formula is C16H21ClN2O. The minimum absolute atomic E-state index is 0.0874. The Labute approximate surface area is 125 Å². The summed E-state index contributed by atoms with van der Waals surface area (Å²) in [5, 5.41) is 4.11. The van der Waals surface area contributed by atoms with Gasteiger partial charge in [-0.3, -0.25) is 4.79 Å². The van der Waals surface area contributed by atoms with E-state index in [1.807, 2.05) is 29.2 Å².